The maximum Gasteiger partial charge on any atom is 0.123 e. The van der Waals surface area contributed by atoms with Crippen molar-refractivity contribution in [3.63, 3.8) is 0 Å². The van der Waals surface area contributed by atoms with Crippen molar-refractivity contribution in [2.24, 2.45) is 0 Å². The lowest BCUT2D eigenvalue weighted by Crippen LogP contribution is -1.75. The van der Waals surface area contributed by atoms with Gasteiger partial charge in [0.05, 0.1) is 11.5 Å². The molecule has 0 radical (unpaired) electrons. The van der Waals surface area contributed by atoms with Crippen molar-refractivity contribution in [2.45, 2.75) is 6.61 Å². The minimum atomic E-state index is 0.00592. The van der Waals surface area contributed by atoms with Gasteiger partial charge in [0, 0.05) is 21.8 Å². The topological polar surface area (TPSA) is 33.1 Å². The van der Waals surface area contributed by atoms with E-state index in [-0.39, 0.29) is 6.61 Å². The molecule has 0 aliphatic heterocycles. The Morgan fingerprint density at radius 2 is 1.87 bits per heavy atom. The summed E-state index contributed by atoms with van der Waals surface area (Å²) in [7, 11) is 0. The predicted molar refractivity (Wildman–Crippen MR) is 63.5 cm³/mol. The molecule has 1 aromatic heterocycles. The molecule has 0 saturated heterocycles. The quantitative estimate of drug-likeness (QED) is 0.894. The van der Waals surface area contributed by atoms with Gasteiger partial charge in [0.25, 0.3) is 0 Å². The van der Waals surface area contributed by atoms with Gasteiger partial charge < -0.3 is 5.11 Å². The van der Waals surface area contributed by atoms with E-state index in [1.165, 1.54) is 11.3 Å². The molecule has 15 heavy (non-hydrogen) atoms. The molecule has 0 saturated carbocycles. The molecule has 0 bridgehead atoms. The third kappa shape index (κ3) is 2.49. The van der Waals surface area contributed by atoms with E-state index in [2.05, 4.69) is 4.98 Å². The molecule has 0 unspecified atom stereocenters. The van der Waals surface area contributed by atoms with Crippen LogP contribution in [0.2, 0.25) is 10.0 Å². The first-order chi connectivity index (χ1) is 7.19. The Hall–Kier alpha value is -0.610. The average molecular weight is 260 g/mol. The summed E-state index contributed by atoms with van der Waals surface area (Å²) in [6, 6.07) is 5.27. The highest BCUT2D eigenvalue weighted by molar-refractivity contribution is 7.15. The summed E-state index contributed by atoms with van der Waals surface area (Å²) in [5, 5.41) is 10.9. The zero-order chi connectivity index (χ0) is 10.8. The Balaban J connectivity index is 2.44. The van der Waals surface area contributed by atoms with Crippen molar-refractivity contribution in [2.75, 3.05) is 0 Å². The Morgan fingerprint density at radius 3 is 2.40 bits per heavy atom. The van der Waals surface area contributed by atoms with Crippen LogP contribution >= 0.6 is 34.5 Å². The number of aliphatic hydroxyl groups excluding tert-OH is 1. The number of hydrogen-bond acceptors (Lipinski definition) is 3. The zero-order valence-corrected chi connectivity index (χ0v) is 9.90. The maximum atomic E-state index is 8.93. The summed E-state index contributed by atoms with van der Waals surface area (Å²) in [6.07, 6.45) is 1.65. The largest absolute Gasteiger partial charge is 0.391 e. The van der Waals surface area contributed by atoms with Crippen LogP contribution in [0.15, 0.2) is 24.4 Å². The molecule has 5 heteroatoms. The van der Waals surface area contributed by atoms with Gasteiger partial charge in [-0.25, -0.2) is 4.98 Å². The highest BCUT2D eigenvalue weighted by atomic mass is 35.5. The van der Waals surface area contributed by atoms with Gasteiger partial charge in [-0.1, -0.05) is 23.2 Å². The van der Waals surface area contributed by atoms with Gasteiger partial charge in [-0.05, 0) is 18.2 Å². The second-order valence-electron chi connectivity index (χ2n) is 2.95. The van der Waals surface area contributed by atoms with Crippen molar-refractivity contribution >= 4 is 34.5 Å². The first-order valence-corrected chi connectivity index (χ1v) is 5.78. The van der Waals surface area contributed by atoms with Crippen LogP contribution in [0, 0.1) is 0 Å². The molecule has 0 spiro atoms. The van der Waals surface area contributed by atoms with E-state index >= 15 is 0 Å². The molecule has 2 aromatic rings. The number of hydrogen-bond donors (Lipinski definition) is 1. The summed E-state index contributed by atoms with van der Waals surface area (Å²) in [6.45, 7) is 0.00592. The van der Waals surface area contributed by atoms with Crippen molar-refractivity contribution in [1.29, 1.82) is 0 Å². The highest BCUT2D eigenvalue weighted by Gasteiger charge is 2.06. The Labute approximate surface area is 101 Å². The molecular formula is C10H7Cl2NOS. The minimum absolute atomic E-state index is 0.00592. The van der Waals surface area contributed by atoms with Crippen LogP contribution in [-0.2, 0) is 6.61 Å². The molecule has 0 aliphatic rings. The number of aliphatic hydroxyl groups is 1. The molecule has 2 rings (SSSR count). The third-order valence-corrected chi connectivity index (χ3v) is 3.29. The second-order valence-corrected chi connectivity index (χ2v) is 4.94. The highest BCUT2D eigenvalue weighted by Crippen LogP contribution is 2.30. The third-order valence-electron chi connectivity index (χ3n) is 1.82. The minimum Gasteiger partial charge on any atom is -0.391 e. The van der Waals surface area contributed by atoms with Gasteiger partial charge in [0.2, 0.25) is 0 Å². The number of aromatic nitrogens is 1. The molecule has 0 amide bonds. The molecule has 0 atom stereocenters. The van der Waals surface area contributed by atoms with Gasteiger partial charge in [0.1, 0.15) is 5.01 Å². The fourth-order valence-corrected chi connectivity index (χ4v) is 2.48. The van der Waals surface area contributed by atoms with Crippen LogP contribution in [0.5, 0.6) is 0 Å². The van der Waals surface area contributed by atoms with Gasteiger partial charge >= 0.3 is 0 Å². The van der Waals surface area contributed by atoms with Crippen LogP contribution in [0.25, 0.3) is 10.6 Å². The normalized spacial score (nSPS) is 10.6. The number of thiazole rings is 1. The van der Waals surface area contributed by atoms with E-state index in [9.17, 15) is 0 Å². The predicted octanol–water partition coefficient (Wildman–Crippen LogP) is 3.61. The lowest BCUT2D eigenvalue weighted by molar-refractivity contribution is 0.285. The van der Waals surface area contributed by atoms with E-state index in [4.69, 9.17) is 28.3 Å². The van der Waals surface area contributed by atoms with Crippen molar-refractivity contribution in [3.8, 4) is 10.6 Å². The standard InChI is InChI=1S/C10H7Cl2NOS/c11-7-1-6(2-8(12)3-7)10-13-4-9(5-14)15-10/h1-4,14H,5H2. The fraction of sp³-hybridized carbons (Fsp3) is 0.100. The van der Waals surface area contributed by atoms with Crippen LogP contribution in [0.1, 0.15) is 4.88 Å². The number of halogens is 2. The molecule has 0 fully saturated rings. The molecule has 0 aliphatic carbocycles. The van der Waals surface area contributed by atoms with E-state index < -0.39 is 0 Å². The van der Waals surface area contributed by atoms with Crippen molar-refractivity contribution in [1.82, 2.24) is 4.98 Å². The SMILES string of the molecule is OCc1cnc(-c2cc(Cl)cc(Cl)c2)s1. The van der Waals surface area contributed by atoms with Crippen LogP contribution in [0.3, 0.4) is 0 Å². The van der Waals surface area contributed by atoms with Crippen molar-refractivity contribution < 1.29 is 5.11 Å². The van der Waals surface area contributed by atoms with Gasteiger partial charge in [-0.3, -0.25) is 0 Å². The molecule has 78 valence electrons. The van der Waals surface area contributed by atoms with Crippen LogP contribution in [-0.4, -0.2) is 10.1 Å². The lowest BCUT2D eigenvalue weighted by Gasteiger charge is -1.98. The van der Waals surface area contributed by atoms with Crippen molar-refractivity contribution in [3.05, 3.63) is 39.3 Å². The van der Waals surface area contributed by atoms with E-state index in [0.717, 1.165) is 15.4 Å². The number of rotatable bonds is 2. The average Bonchev–Trinajstić information content (AvgIpc) is 2.64. The summed E-state index contributed by atoms with van der Waals surface area (Å²) in [5.41, 5.74) is 0.872. The molecule has 2 nitrogen and oxygen atoms in total. The van der Waals surface area contributed by atoms with E-state index in [1.807, 2.05) is 0 Å². The monoisotopic (exact) mass is 259 g/mol. The Morgan fingerprint density at radius 1 is 1.20 bits per heavy atom. The molecule has 1 aromatic carbocycles. The van der Waals surface area contributed by atoms with Gasteiger partial charge in [-0.2, -0.15) is 0 Å². The van der Waals surface area contributed by atoms with E-state index in [0.29, 0.717) is 10.0 Å². The Kier molecular flexibility index (Phi) is 3.26. The first-order valence-electron chi connectivity index (χ1n) is 4.21. The fourth-order valence-electron chi connectivity index (χ4n) is 1.19. The molecular weight excluding hydrogens is 253 g/mol. The van der Waals surface area contributed by atoms with E-state index in [1.54, 1.807) is 24.4 Å². The Bertz CT molecular complexity index is 464. The smallest absolute Gasteiger partial charge is 0.123 e. The number of benzene rings is 1. The van der Waals surface area contributed by atoms with Crippen LogP contribution < -0.4 is 0 Å². The van der Waals surface area contributed by atoms with Crippen LogP contribution in [0.4, 0.5) is 0 Å². The summed E-state index contributed by atoms with van der Waals surface area (Å²) >= 11 is 13.2. The summed E-state index contributed by atoms with van der Waals surface area (Å²) < 4.78 is 0. The van der Waals surface area contributed by atoms with Gasteiger partial charge in [0.15, 0.2) is 0 Å². The van der Waals surface area contributed by atoms with Gasteiger partial charge in [-0.15, -0.1) is 11.3 Å². The number of nitrogens with zero attached hydrogens (tertiary/aromatic N) is 1. The zero-order valence-electron chi connectivity index (χ0n) is 7.58. The summed E-state index contributed by atoms with van der Waals surface area (Å²) in [5.74, 6) is 0. The lowest BCUT2D eigenvalue weighted by atomic mass is 10.2. The summed E-state index contributed by atoms with van der Waals surface area (Å²) in [4.78, 5) is 5.00. The maximum absolute atomic E-state index is 8.93. The molecule has 1 heterocycles. The molecule has 1 N–H and O–H groups in total. The second kappa shape index (κ2) is 4.49. The first kappa shape index (κ1) is 10.9.